The first-order chi connectivity index (χ1) is 13.3. The quantitative estimate of drug-likeness (QED) is 0.669. The van der Waals surface area contributed by atoms with Crippen LogP contribution in [0.4, 0.5) is 32.0 Å². The predicted octanol–water partition coefficient (Wildman–Crippen LogP) is 3.68. The number of sulfonamides is 1. The summed E-state index contributed by atoms with van der Waals surface area (Å²) in [4.78, 5) is 11.3. The third kappa shape index (κ3) is 7.18. The van der Waals surface area contributed by atoms with Gasteiger partial charge in [0, 0.05) is 11.6 Å². The van der Waals surface area contributed by atoms with E-state index in [0.29, 0.717) is 0 Å². The number of benzene rings is 2. The Balaban J connectivity index is 2.20. The lowest BCUT2D eigenvalue weighted by atomic mass is 10.2. The van der Waals surface area contributed by atoms with Crippen molar-refractivity contribution in [2.75, 3.05) is 11.3 Å². The standard InChI is InChI=1S/C16H12F6N2O4S/c17-15(18,19)9-23-14(25)10-3-1-6-13(7-10)29(26,27)24-11-4-2-5-12(8-11)28-16(20,21)22/h1-8,24H,9H2,(H,23,25). The highest BCUT2D eigenvalue weighted by molar-refractivity contribution is 7.92. The maximum absolute atomic E-state index is 12.4. The normalized spacial score (nSPS) is 12.3. The van der Waals surface area contributed by atoms with Crippen molar-refractivity contribution < 1.29 is 44.3 Å². The van der Waals surface area contributed by atoms with E-state index in [1.54, 1.807) is 5.32 Å². The number of alkyl halides is 6. The summed E-state index contributed by atoms with van der Waals surface area (Å²) in [6, 6.07) is 8.11. The second kappa shape index (κ2) is 8.19. The zero-order valence-corrected chi connectivity index (χ0v) is 15.0. The predicted molar refractivity (Wildman–Crippen MR) is 88.8 cm³/mol. The number of halogens is 6. The molecule has 0 spiro atoms. The van der Waals surface area contributed by atoms with E-state index in [0.717, 1.165) is 48.5 Å². The minimum absolute atomic E-state index is 0.265. The summed E-state index contributed by atoms with van der Waals surface area (Å²) < 4.78 is 104. The van der Waals surface area contributed by atoms with Crippen LogP contribution in [0.5, 0.6) is 5.75 Å². The Bertz CT molecular complexity index is 989. The van der Waals surface area contributed by atoms with Gasteiger partial charge in [-0.1, -0.05) is 12.1 Å². The minimum atomic E-state index is -4.98. The lowest BCUT2D eigenvalue weighted by Crippen LogP contribution is -2.33. The zero-order valence-electron chi connectivity index (χ0n) is 14.1. The lowest BCUT2D eigenvalue weighted by molar-refractivity contribution is -0.274. The summed E-state index contributed by atoms with van der Waals surface area (Å²) in [6.07, 6.45) is -9.62. The van der Waals surface area contributed by atoms with Crippen LogP contribution in [0.3, 0.4) is 0 Å². The summed E-state index contributed by atoms with van der Waals surface area (Å²) in [5.41, 5.74) is -0.620. The molecule has 0 fully saturated rings. The van der Waals surface area contributed by atoms with E-state index in [9.17, 15) is 39.6 Å². The first-order valence-electron chi connectivity index (χ1n) is 7.59. The van der Waals surface area contributed by atoms with Crippen molar-refractivity contribution in [3.8, 4) is 5.75 Å². The van der Waals surface area contributed by atoms with Gasteiger partial charge in [-0.15, -0.1) is 13.2 Å². The van der Waals surface area contributed by atoms with Crippen molar-refractivity contribution in [1.29, 1.82) is 0 Å². The molecular formula is C16H12F6N2O4S. The van der Waals surface area contributed by atoms with Gasteiger partial charge in [-0.05, 0) is 30.3 Å². The maximum atomic E-state index is 12.4. The molecule has 2 rings (SSSR count). The molecule has 0 aliphatic carbocycles. The van der Waals surface area contributed by atoms with Crippen LogP contribution in [0.25, 0.3) is 0 Å². The monoisotopic (exact) mass is 442 g/mol. The first kappa shape index (κ1) is 22.3. The maximum Gasteiger partial charge on any atom is 0.573 e. The van der Waals surface area contributed by atoms with Crippen molar-refractivity contribution in [2.45, 2.75) is 17.4 Å². The van der Waals surface area contributed by atoms with Crippen LogP contribution in [0.1, 0.15) is 10.4 Å². The molecule has 0 radical (unpaired) electrons. The minimum Gasteiger partial charge on any atom is -0.406 e. The summed E-state index contributed by atoms with van der Waals surface area (Å²) in [5, 5.41) is 1.59. The third-order valence-corrected chi connectivity index (χ3v) is 4.55. The molecule has 29 heavy (non-hydrogen) atoms. The fraction of sp³-hybridized carbons (Fsp3) is 0.188. The molecule has 0 bridgehead atoms. The van der Waals surface area contributed by atoms with Gasteiger partial charge >= 0.3 is 12.5 Å². The van der Waals surface area contributed by atoms with E-state index < -0.39 is 45.7 Å². The van der Waals surface area contributed by atoms with Crippen LogP contribution in [-0.4, -0.2) is 33.4 Å². The van der Waals surface area contributed by atoms with Crippen LogP contribution in [0.2, 0.25) is 0 Å². The summed E-state index contributed by atoms with van der Waals surface area (Å²) in [5.74, 6) is -1.82. The highest BCUT2D eigenvalue weighted by atomic mass is 32.2. The van der Waals surface area contributed by atoms with E-state index >= 15 is 0 Å². The molecule has 0 aliphatic rings. The molecular weight excluding hydrogens is 430 g/mol. The molecule has 2 aromatic rings. The molecule has 0 heterocycles. The average molecular weight is 442 g/mol. The molecule has 1 amide bonds. The van der Waals surface area contributed by atoms with Crippen molar-refractivity contribution in [3.63, 3.8) is 0 Å². The Morgan fingerprint density at radius 3 is 2.24 bits per heavy atom. The molecule has 2 N–H and O–H groups in total. The Labute approximate surface area is 160 Å². The van der Waals surface area contributed by atoms with E-state index in [-0.39, 0.29) is 11.3 Å². The number of ether oxygens (including phenoxy) is 1. The second-order valence-electron chi connectivity index (χ2n) is 5.51. The fourth-order valence-electron chi connectivity index (χ4n) is 2.06. The van der Waals surface area contributed by atoms with Gasteiger partial charge in [0.2, 0.25) is 0 Å². The van der Waals surface area contributed by atoms with Gasteiger partial charge in [0.15, 0.2) is 0 Å². The Morgan fingerprint density at radius 2 is 1.62 bits per heavy atom. The van der Waals surface area contributed by atoms with E-state index in [2.05, 4.69) is 4.74 Å². The topological polar surface area (TPSA) is 84.5 Å². The number of hydrogen-bond acceptors (Lipinski definition) is 4. The SMILES string of the molecule is O=C(NCC(F)(F)F)c1cccc(S(=O)(=O)Nc2cccc(OC(F)(F)F)c2)c1. The molecule has 0 unspecified atom stereocenters. The highest BCUT2D eigenvalue weighted by Crippen LogP contribution is 2.26. The number of amides is 1. The number of anilines is 1. The van der Waals surface area contributed by atoms with Crippen LogP contribution in [0, 0.1) is 0 Å². The van der Waals surface area contributed by atoms with Crippen LogP contribution < -0.4 is 14.8 Å². The van der Waals surface area contributed by atoms with Crippen LogP contribution in [-0.2, 0) is 10.0 Å². The molecule has 0 saturated carbocycles. The van der Waals surface area contributed by atoms with Crippen LogP contribution in [0.15, 0.2) is 53.4 Å². The van der Waals surface area contributed by atoms with Crippen molar-refractivity contribution in [2.24, 2.45) is 0 Å². The van der Waals surface area contributed by atoms with E-state index in [4.69, 9.17) is 0 Å². The molecule has 13 heteroatoms. The molecule has 6 nitrogen and oxygen atoms in total. The van der Waals surface area contributed by atoms with Crippen molar-refractivity contribution in [3.05, 3.63) is 54.1 Å². The first-order valence-corrected chi connectivity index (χ1v) is 9.07. The van der Waals surface area contributed by atoms with Gasteiger partial charge in [-0.2, -0.15) is 13.2 Å². The Hall–Kier alpha value is -2.96. The fourth-order valence-corrected chi connectivity index (χ4v) is 3.15. The lowest BCUT2D eigenvalue weighted by Gasteiger charge is -2.12. The molecule has 2 aromatic carbocycles. The largest absolute Gasteiger partial charge is 0.573 e. The number of nitrogens with one attached hydrogen (secondary N) is 2. The van der Waals surface area contributed by atoms with Gasteiger partial charge in [0.25, 0.3) is 15.9 Å². The van der Waals surface area contributed by atoms with Gasteiger partial charge in [-0.25, -0.2) is 8.42 Å². The molecule has 158 valence electrons. The second-order valence-corrected chi connectivity index (χ2v) is 7.19. The smallest absolute Gasteiger partial charge is 0.406 e. The van der Waals surface area contributed by atoms with Gasteiger partial charge in [-0.3, -0.25) is 9.52 Å². The zero-order chi connectivity index (χ0) is 21.9. The Morgan fingerprint density at radius 1 is 0.966 bits per heavy atom. The van der Waals surface area contributed by atoms with Crippen LogP contribution >= 0.6 is 0 Å². The van der Waals surface area contributed by atoms with E-state index in [1.165, 1.54) is 0 Å². The number of carbonyl (C=O) groups excluding carboxylic acids is 1. The average Bonchev–Trinajstić information content (AvgIpc) is 2.57. The summed E-state index contributed by atoms with van der Waals surface area (Å²) in [6.45, 7) is -1.60. The van der Waals surface area contributed by atoms with E-state index in [1.807, 2.05) is 4.72 Å². The number of carbonyl (C=O) groups is 1. The summed E-state index contributed by atoms with van der Waals surface area (Å²) in [7, 11) is -4.36. The van der Waals surface area contributed by atoms with Crippen molar-refractivity contribution >= 4 is 21.6 Å². The van der Waals surface area contributed by atoms with Gasteiger partial charge in [0.1, 0.15) is 12.3 Å². The molecule has 0 atom stereocenters. The molecule has 0 saturated heterocycles. The molecule has 0 aromatic heterocycles. The Kier molecular flexibility index (Phi) is 6.30. The number of rotatable bonds is 6. The molecule has 0 aliphatic heterocycles. The van der Waals surface area contributed by atoms with Gasteiger partial charge < -0.3 is 10.1 Å². The third-order valence-electron chi connectivity index (χ3n) is 3.18. The van der Waals surface area contributed by atoms with Gasteiger partial charge in [0.05, 0.1) is 10.6 Å². The van der Waals surface area contributed by atoms with Crippen molar-refractivity contribution in [1.82, 2.24) is 5.32 Å². The summed E-state index contributed by atoms with van der Waals surface area (Å²) >= 11 is 0. The highest BCUT2D eigenvalue weighted by Gasteiger charge is 2.31. The number of hydrogen-bond donors (Lipinski definition) is 2.